The second kappa shape index (κ2) is 6.88. The topological polar surface area (TPSA) is 21.7 Å². The van der Waals surface area contributed by atoms with Gasteiger partial charge in [0.05, 0.1) is 12.2 Å². The van der Waals surface area contributed by atoms with Gasteiger partial charge in [-0.25, -0.2) is 0 Å². The SMILES string of the molecule is [CH2-]N1[C@H](C(C)C)[C@H](OCC)[C@@H](OCC)[C@H]1C(C)C. The van der Waals surface area contributed by atoms with Crippen LogP contribution in [0.2, 0.25) is 0 Å². The third-order valence-corrected chi connectivity index (χ3v) is 3.85. The molecule has 1 aliphatic rings. The van der Waals surface area contributed by atoms with Crippen LogP contribution in [0, 0.1) is 18.9 Å². The Kier molecular flexibility index (Phi) is 6.09. The molecule has 18 heavy (non-hydrogen) atoms. The van der Waals surface area contributed by atoms with Crippen LogP contribution >= 0.6 is 0 Å². The Balaban J connectivity index is 2.99. The standard InChI is InChI=1S/C15H30NO2/c1-8-17-14-12(10(3)4)16(7)13(11(5)6)15(14)18-9-2/h10-15H,7-9H2,1-6H3/q-1/t12-,13-,14+,15+/m1/s1. The zero-order chi connectivity index (χ0) is 13.9. The second-order valence-electron chi connectivity index (χ2n) is 5.82. The number of ether oxygens (including phenoxy) is 2. The van der Waals surface area contributed by atoms with Crippen molar-refractivity contribution in [3.8, 4) is 0 Å². The largest absolute Gasteiger partial charge is 0.449 e. The van der Waals surface area contributed by atoms with Crippen LogP contribution in [-0.4, -0.2) is 42.4 Å². The lowest BCUT2D eigenvalue weighted by atomic mass is 9.95. The molecule has 0 bridgehead atoms. The lowest BCUT2D eigenvalue weighted by Gasteiger charge is -2.38. The minimum absolute atomic E-state index is 0.139. The summed E-state index contributed by atoms with van der Waals surface area (Å²) in [5.74, 6) is 1.04. The second-order valence-corrected chi connectivity index (χ2v) is 5.82. The minimum Gasteiger partial charge on any atom is -0.449 e. The van der Waals surface area contributed by atoms with E-state index in [1.54, 1.807) is 0 Å². The van der Waals surface area contributed by atoms with E-state index < -0.39 is 0 Å². The highest BCUT2D eigenvalue weighted by Gasteiger charge is 2.47. The van der Waals surface area contributed by atoms with Crippen LogP contribution in [0.15, 0.2) is 0 Å². The molecule has 0 spiro atoms. The zero-order valence-corrected chi connectivity index (χ0v) is 12.8. The maximum atomic E-state index is 5.99. The molecule has 0 aromatic rings. The molecule has 108 valence electrons. The average Bonchev–Trinajstić information content (AvgIpc) is 2.52. The van der Waals surface area contributed by atoms with E-state index in [9.17, 15) is 0 Å². The Morgan fingerprint density at radius 2 is 1.22 bits per heavy atom. The molecule has 1 fully saturated rings. The molecule has 3 heteroatoms. The van der Waals surface area contributed by atoms with Gasteiger partial charge in [-0.3, -0.25) is 7.05 Å². The van der Waals surface area contributed by atoms with E-state index in [1.165, 1.54) is 0 Å². The van der Waals surface area contributed by atoms with Crippen molar-refractivity contribution in [2.75, 3.05) is 13.2 Å². The van der Waals surface area contributed by atoms with Gasteiger partial charge in [0.15, 0.2) is 0 Å². The summed E-state index contributed by atoms with van der Waals surface area (Å²) in [6, 6.07) is 0.683. The first-order valence-corrected chi connectivity index (χ1v) is 7.27. The van der Waals surface area contributed by atoms with Crippen molar-refractivity contribution >= 4 is 0 Å². The molecule has 0 radical (unpaired) electrons. The van der Waals surface area contributed by atoms with Crippen molar-refractivity contribution in [1.82, 2.24) is 4.90 Å². The van der Waals surface area contributed by atoms with Gasteiger partial charge in [0, 0.05) is 25.3 Å². The summed E-state index contributed by atoms with van der Waals surface area (Å²) in [5, 5.41) is 0. The van der Waals surface area contributed by atoms with Crippen molar-refractivity contribution in [2.24, 2.45) is 11.8 Å². The summed E-state index contributed by atoms with van der Waals surface area (Å²) >= 11 is 0. The van der Waals surface area contributed by atoms with Gasteiger partial charge >= 0.3 is 0 Å². The third-order valence-electron chi connectivity index (χ3n) is 3.85. The number of hydrogen-bond acceptors (Lipinski definition) is 3. The fourth-order valence-electron chi connectivity index (χ4n) is 3.26. The quantitative estimate of drug-likeness (QED) is 0.682. The number of rotatable bonds is 6. The Morgan fingerprint density at radius 1 is 0.889 bits per heavy atom. The molecule has 3 nitrogen and oxygen atoms in total. The van der Waals surface area contributed by atoms with E-state index in [4.69, 9.17) is 9.47 Å². The lowest BCUT2D eigenvalue weighted by Crippen LogP contribution is -2.40. The van der Waals surface area contributed by atoms with Crippen LogP contribution in [-0.2, 0) is 9.47 Å². The van der Waals surface area contributed by atoms with Crippen LogP contribution in [0.4, 0.5) is 0 Å². The van der Waals surface area contributed by atoms with E-state index >= 15 is 0 Å². The van der Waals surface area contributed by atoms with Gasteiger partial charge in [-0.1, -0.05) is 27.7 Å². The first kappa shape index (κ1) is 15.9. The summed E-state index contributed by atoms with van der Waals surface area (Å²) in [6.07, 6.45) is 0.277. The van der Waals surface area contributed by atoms with Crippen LogP contribution in [0.25, 0.3) is 0 Å². The summed E-state index contributed by atoms with van der Waals surface area (Å²) in [4.78, 5) is 2.23. The van der Waals surface area contributed by atoms with Crippen molar-refractivity contribution in [2.45, 2.75) is 65.8 Å². The first-order valence-electron chi connectivity index (χ1n) is 7.27. The Bertz CT molecular complexity index is 219. The van der Waals surface area contributed by atoms with Crippen molar-refractivity contribution < 1.29 is 9.47 Å². The monoisotopic (exact) mass is 256 g/mol. The third kappa shape index (κ3) is 3.06. The maximum Gasteiger partial charge on any atom is 0.0984 e. The maximum absolute atomic E-state index is 5.99. The average molecular weight is 256 g/mol. The van der Waals surface area contributed by atoms with Crippen molar-refractivity contribution in [3.05, 3.63) is 7.05 Å². The summed E-state index contributed by atoms with van der Waals surface area (Å²) < 4.78 is 12.0. The number of likely N-dealkylation sites (tertiary alicyclic amines) is 1. The van der Waals surface area contributed by atoms with E-state index in [0.717, 1.165) is 13.2 Å². The Labute approximate surface area is 113 Å². The summed E-state index contributed by atoms with van der Waals surface area (Å²) in [7, 11) is 4.28. The molecular formula is C15H30NO2-. The van der Waals surface area contributed by atoms with Crippen LogP contribution in [0.3, 0.4) is 0 Å². The van der Waals surface area contributed by atoms with E-state index in [-0.39, 0.29) is 12.2 Å². The molecule has 1 saturated heterocycles. The smallest absolute Gasteiger partial charge is 0.0984 e. The van der Waals surface area contributed by atoms with E-state index in [1.807, 2.05) is 0 Å². The van der Waals surface area contributed by atoms with Crippen LogP contribution in [0.1, 0.15) is 41.5 Å². The molecular weight excluding hydrogens is 226 g/mol. The number of nitrogens with zero attached hydrogens (tertiary/aromatic N) is 1. The molecule has 0 amide bonds. The normalized spacial score (nSPS) is 33.8. The van der Waals surface area contributed by atoms with Gasteiger partial charge in [-0.05, 0) is 25.7 Å². The predicted octanol–water partition coefficient (Wildman–Crippen LogP) is 2.95. The molecule has 0 saturated carbocycles. The van der Waals surface area contributed by atoms with Crippen molar-refractivity contribution in [3.63, 3.8) is 0 Å². The molecule has 4 atom stereocenters. The molecule has 0 aromatic carbocycles. The highest BCUT2D eigenvalue weighted by Crippen LogP contribution is 2.36. The van der Waals surface area contributed by atoms with Crippen LogP contribution in [0.5, 0.6) is 0 Å². The van der Waals surface area contributed by atoms with Gasteiger partial charge in [0.2, 0.25) is 0 Å². The van der Waals surface area contributed by atoms with Gasteiger partial charge in [0.25, 0.3) is 0 Å². The molecule has 1 rings (SSSR count). The van der Waals surface area contributed by atoms with Gasteiger partial charge in [-0.2, -0.15) is 0 Å². The highest BCUT2D eigenvalue weighted by molar-refractivity contribution is 5.04. The predicted molar refractivity (Wildman–Crippen MR) is 75.3 cm³/mol. The molecule has 0 aromatic heterocycles. The first-order chi connectivity index (χ1) is 8.45. The fraction of sp³-hybridized carbons (Fsp3) is 0.933. The summed E-state index contributed by atoms with van der Waals surface area (Å²) in [5.41, 5.74) is 0. The highest BCUT2D eigenvalue weighted by atomic mass is 16.5. The van der Waals surface area contributed by atoms with E-state index in [2.05, 4.69) is 53.5 Å². The lowest BCUT2D eigenvalue weighted by molar-refractivity contribution is -0.0670. The molecule has 1 aliphatic heterocycles. The zero-order valence-electron chi connectivity index (χ0n) is 12.8. The molecule has 0 unspecified atom stereocenters. The molecule has 1 heterocycles. The van der Waals surface area contributed by atoms with Gasteiger partial charge in [-0.15, -0.1) is 0 Å². The Morgan fingerprint density at radius 3 is 1.44 bits per heavy atom. The minimum atomic E-state index is 0.139. The van der Waals surface area contributed by atoms with Crippen LogP contribution < -0.4 is 0 Å². The van der Waals surface area contributed by atoms with Crippen molar-refractivity contribution in [1.29, 1.82) is 0 Å². The molecule has 0 aliphatic carbocycles. The van der Waals surface area contributed by atoms with E-state index in [0.29, 0.717) is 23.9 Å². The van der Waals surface area contributed by atoms with Gasteiger partial charge < -0.3 is 14.4 Å². The summed E-state index contributed by atoms with van der Waals surface area (Å²) in [6.45, 7) is 14.5. The fourth-order valence-corrected chi connectivity index (χ4v) is 3.26. The molecule has 0 N–H and O–H groups in total. The number of hydrogen-bond donors (Lipinski definition) is 0. The van der Waals surface area contributed by atoms with Gasteiger partial charge in [0.1, 0.15) is 0 Å². The Hall–Kier alpha value is -0.120.